The molecule has 1 atom stereocenters. The quantitative estimate of drug-likeness (QED) is 0.548. The summed E-state index contributed by atoms with van der Waals surface area (Å²) in [6.45, 7) is 5.50. The van der Waals surface area contributed by atoms with E-state index in [0.29, 0.717) is 12.8 Å². The number of nitrogens with two attached hydrogens (primary N) is 1. The Balaban J connectivity index is 3.65. The maximum atomic E-state index is 11.6. The first-order chi connectivity index (χ1) is 9.13. The Hall–Kier alpha value is -1.10. The first kappa shape index (κ1) is 18.9. The van der Waals surface area contributed by atoms with Gasteiger partial charge in [0.15, 0.2) is 0 Å². The van der Waals surface area contributed by atoms with Crippen LogP contribution in [0.1, 0.15) is 59.3 Å². The Morgan fingerprint density at radius 1 is 1.10 bits per heavy atom. The molecule has 0 aliphatic rings. The van der Waals surface area contributed by atoms with Crippen LogP contribution in [0.2, 0.25) is 0 Å². The summed E-state index contributed by atoms with van der Waals surface area (Å²) in [5.41, 5.74) is 5.31. The van der Waals surface area contributed by atoms with Crippen molar-refractivity contribution < 1.29 is 14.3 Å². The average Bonchev–Trinajstić information content (AvgIpc) is 2.30. The van der Waals surface area contributed by atoms with Gasteiger partial charge in [-0.2, -0.15) is 0 Å². The molecule has 0 aliphatic heterocycles. The number of carbonyl (C=O) groups is 2. The van der Waals surface area contributed by atoms with Gasteiger partial charge in [0.1, 0.15) is 11.6 Å². The first-order valence-electron chi connectivity index (χ1n) is 7.32. The van der Waals surface area contributed by atoms with Crippen LogP contribution in [-0.4, -0.2) is 42.5 Å². The summed E-state index contributed by atoms with van der Waals surface area (Å²) in [5.74, 6) is -0.171. The maximum absolute atomic E-state index is 11.6. The molecule has 0 aromatic rings. The molecule has 0 aromatic heterocycles. The lowest BCUT2D eigenvalue weighted by molar-refractivity contribution is -0.156. The number of carbonyl (C=O) groups excluding carboxylic acids is 2. The average molecular weight is 286 g/mol. The largest absolute Gasteiger partial charge is 0.459 e. The van der Waals surface area contributed by atoms with Crippen LogP contribution in [0.3, 0.4) is 0 Å². The molecule has 1 amide bonds. The summed E-state index contributed by atoms with van der Waals surface area (Å²) in [6, 6.07) is -0.544. The highest BCUT2D eigenvalue weighted by molar-refractivity contribution is 5.76. The Bertz CT molecular complexity index is 309. The van der Waals surface area contributed by atoms with Crippen molar-refractivity contribution in [1.29, 1.82) is 0 Å². The van der Waals surface area contributed by atoms with Crippen LogP contribution in [0.25, 0.3) is 0 Å². The van der Waals surface area contributed by atoms with Crippen LogP contribution >= 0.6 is 0 Å². The smallest absolute Gasteiger partial charge is 0.323 e. The molecule has 2 N–H and O–H groups in total. The number of unbranched alkanes of at least 4 members (excludes halogenated alkanes) is 3. The van der Waals surface area contributed by atoms with Crippen molar-refractivity contribution in [3.8, 4) is 0 Å². The number of amides is 1. The second kappa shape index (κ2) is 8.95. The minimum Gasteiger partial charge on any atom is -0.459 e. The van der Waals surface area contributed by atoms with Crippen molar-refractivity contribution >= 4 is 11.9 Å². The molecule has 0 saturated carbocycles. The van der Waals surface area contributed by atoms with E-state index in [0.717, 1.165) is 25.7 Å². The number of hydrogen-bond donors (Lipinski definition) is 1. The molecule has 5 nitrogen and oxygen atoms in total. The minimum absolute atomic E-state index is 0.162. The molecule has 0 bridgehead atoms. The van der Waals surface area contributed by atoms with E-state index >= 15 is 0 Å². The van der Waals surface area contributed by atoms with E-state index in [1.54, 1.807) is 19.0 Å². The van der Waals surface area contributed by atoms with E-state index in [9.17, 15) is 9.59 Å². The third-order valence-electron chi connectivity index (χ3n) is 2.86. The molecular weight excluding hydrogens is 256 g/mol. The van der Waals surface area contributed by atoms with Gasteiger partial charge in [-0.1, -0.05) is 19.3 Å². The van der Waals surface area contributed by atoms with Crippen molar-refractivity contribution in [3.05, 3.63) is 0 Å². The lowest BCUT2D eigenvalue weighted by Gasteiger charge is -2.22. The van der Waals surface area contributed by atoms with Crippen LogP contribution in [0, 0.1) is 0 Å². The van der Waals surface area contributed by atoms with Crippen molar-refractivity contribution in [2.24, 2.45) is 5.73 Å². The van der Waals surface area contributed by atoms with E-state index in [1.165, 1.54) is 0 Å². The lowest BCUT2D eigenvalue weighted by atomic mass is 10.1. The van der Waals surface area contributed by atoms with Crippen LogP contribution < -0.4 is 5.73 Å². The molecular formula is C15H30N2O3. The van der Waals surface area contributed by atoms with E-state index in [1.807, 2.05) is 20.8 Å². The molecule has 0 spiro atoms. The van der Waals surface area contributed by atoms with Gasteiger partial charge in [-0.3, -0.25) is 9.59 Å². The topological polar surface area (TPSA) is 72.6 Å². The summed E-state index contributed by atoms with van der Waals surface area (Å²) in [7, 11) is 3.53. The summed E-state index contributed by atoms with van der Waals surface area (Å²) in [4.78, 5) is 24.6. The fraction of sp³-hybridized carbons (Fsp3) is 0.867. The second-order valence-electron chi connectivity index (χ2n) is 6.38. The molecule has 5 heteroatoms. The lowest BCUT2D eigenvalue weighted by Crippen LogP contribution is -2.37. The van der Waals surface area contributed by atoms with Crippen LogP contribution in [0.5, 0.6) is 0 Å². The molecule has 0 heterocycles. The van der Waals surface area contributed by atoms with Crippen molar-refractivity contribution in [2.45, 2.75) is 70.9 Å². The van der Waals surface area contributed by atoms with Gasteiger partial charge in [0, 0.05) is 20.5 Å². The van der Waals surface area contributed by atoms with Gasteiger partial charge < -0.3 is 15.4 Å². The SMILES string of the molecule is CN(C)C(=O)CCCCCCC(N)C(=O)OC(C)(C)C. The minimum atomic E-state index is -0.544. The highest BCUT2D eigenvalue weighted by Gasteiger charge is 2.21. The monoisotopic (exact) mass is 286 g/mol. The Labute approximate surface area is 122 Å². The fourth-order valence-electron chi connectivity index (χ4n) is 1.71. The molecule has 0 saturated heterocycles. The van der Waals surface area contributed by atoms with Gasteiger partial charge in [-0.15, -0.1) is 0 Å². The Morgan fingerprint density at radius 2 is 1.65 bits per heavy atom. The predicted octanol–water partition coefficient (Wildman–Crippen LogP) is 2.08. The van der Waals surface area contributed by atoms with Gasteiger partial charge >= 0.3 is 5.97 Å². The summed E-state index contributed by atoms with van der Waals surface area (Å²) >= 11 is 0. The van der Waals surface area contributed by atoms with Crippen LogP contribution in [-0.2, 0) is 14.3 Å². The standard InChI is InChI=1S/C15H30N2O3/c1-15(2,3)20-14(19)12(16)10-8-6-7-9-11-13(18)17(4)5/h12H,6-11,16H2,1-5H3. The number of ether oxygens (including phenoxy) is 1. The van der Waals surface area contributed by atoms with Crippen LogP contribution in [0.15, 0.2) is 0 Å². The Morgan fingerprint density at radius 3 is 2.15 bits per heavy atom. The number of nitrogens with zero attached hydrogens (tertiary/aromatic N) is 1. The molecule has 0 fully saturated rings. The summed E-state index contributed by atoms with van der Waals surface area (Å²) in [6.07, 6.45) is 4.97. The molecule has 0 radical (unpaired) electrons. The number of esters is 1. The molecule has 1 unspecified atom stereocenters. The molecule has 0 aliphatic carbocycles. The van der Waals surface area contributed by atoms with Crippen molar-refractivity contribution in [3.63, 3.8) is 0 Å². The number of rotatable bonds is 8. The van der Waals surface area contributed by atoms with E-state index in [4.69, 9.17) is 10.5 Å². The van der Waals surface area contributed by atoms with Crippen molar-refractivity contribution in [1.82, 2.24) is 4.90 Å². The second-order valence-corrected chi connectivity index (χ2v) is 6.38. The molecule has 20 heavy (non-hydrogen) atoms. The fourth-order valence-corrected chi connectivity index (χ4v) is 1.71. The zero-order valence-electron chi connectivity index (χ0n) is 13.6. The molecule has 0 aromatic carbocycles. The van der Waals surface area contributed by atoms with E-state index in [2.05, 4.69) is 0 Å². The van der Waals surface area contributed by atoms with Gasteiger partial charge in [0.05, 0.1) is 0 Å². The molecule has 118 valence electrons. The van der Waals surface area contributed by atoms with Gasteiger partial charge in [-0.25, -0.2) is 0 Å². The molecule has 0 rings (SSSR count). The normalized spacial score (nSPS) is 12.9. The third-order valence-corrected chi connectivity index (χ3v) is 2.86. The third kappa shape index (κ3) is 9.78. The van der Waals surface area contributed by atoms with Crippen LogP contribution in [0.4, 0.5) is 0 Å². The zero-order valence-corrected chi connectivity index (χ0v) is 13.6. The zero-order chi connectivity index (χ0) is 15.8. The highest BCUT2D eigenvalue weighted by Crippen LogP contribution is 2.12. The highest BCUT2D eigenvalue weighted by atomic mass is 16.6. The van der Waals surface area contributed by atoms with E-state index in [-0.39, 0.29) is 11.9 Å². The predicted molar refractivity (Wildman–Crippen MR) is 80.2 cm³/mol. The number of hydrogen-bond acceptors (Lipinski definition) is 4. The maximum Gasteiger partial charge on any atom is 0.323 e. The van der Waals surface area contributed by atoms with Crippen molar-refractivity contribution in [2.75, 3.05) is 14.1 Å². The van der Waals surface area contributed by atoms with E-state index < -0.39 is 11.6 Å². The van der Waals surface area contributed by atoms with Gasteiger partial charge in [0.2, 0.25) is 5.91 Å². The Kier molecular flexibility index (Phi) is 8.46. The summed E-state index contributed by atoms with van der Waals surface area (Å²) < 4.78 is 5.22. The van der Waals surface area contributed by atoms with Gasteiger partial charge in [0.25, 0.3) is 0 Å². The van der Waals surface area contributed by atoms with Gasteiger partial charge in [-0.05, 0) is 33.6 Å². The first-order valence-corrected chi connectivity index (χ1v) is 7.32. The summed E-state index contributed by atoms with van der Waals surface area (Å²) in [5, 5.41) is 0.